The van der Waals surface area contributed by atoms with Gasteiger partial charge in [-0.2, -0.15) is 10.4 Å². The van der Waals surface area contributed by atoms with Crippen LogP contribution < -0.4 is 0 Å². The summed E-state index contributed by atoms with van der Waals surface area (Å²) in [4.78, 5) is 11.3. The Morgan fingerprint density at radius 1 is 1.31 bits per heavy atom. The van der Waals surface area contributed by atoms with E-state index >= 15 is 4.39 Å². The Bertz CT molecular complexity index is 1380. The van der Waals surface area contributed by atoms with Crippen LogP contribution in [0, 0.1) is 23.0 Å². The first-order valence-corrected chi connectivity index (χ1v) is 9.85. The lowest BCUT2D eigenvalue weighted by Crippen LogP contribution is -2.25. The van der Waals surface area contributed by atoms with Crippen molar-refractivity contribution in [1.29, 1.82) is 5.26 Å². The number of carboxylic acid groups (broad SMARTS) is 1. The quantitative estimate of drug-likeness (QED) is 0.444. The minimum absolute atomic E-state index is 0.00256. The largest absolute Gasteiger partial charge is 0.479 e. The number of hydrogen-bond donors (Lipinski definition) is 2. The van der Waals surface area contributed by atoms with E-state index in [1.165, 1.54) is 30.5 Å². The number of nitrogens with zero attached hydrogens (tertiary/aromatic N) is 3. The van der Waals surface area contributed by atoms with E-state index in [0.717, 1.165) is 0 Å². The molecule has 0 fully saturated rings. The molecular formula is C23H19F3N4O2. The number of aromatic nitrogens is 3. The van der Waals surface area contributed by atoms with Crippen molar-refractivity contribution < 1.29 is 23.1 Å². The fourth-order valence-electron chi connectivity index (χ4n) is 4.19. The van der Waals surface area contributed by atoms with Crippen LogP contribution in [0.25, 0.3) is 27.5 Å². The van der Waals surface area contributed by atoms with Crippen molar-refractivity contribution in [3.8, 4) is 11.8 Å². The summed E-state index contributed by atoms with van der Waals surface area (Å²) >= 11 is 0. The average Bonchev–Trinajstić information content (AvgIpc) is 3.32. The van der Waals surface area contributed by atoms with Crippen LogP contribution in [0.1, 0.15) is 31.5 Å². The number of H-pyrrole nitrogens is 1. The Labute approximate surface area is 180 Å². The molecular weight excluding hydrogens is 421 g/mol. The first-order valence-electron chi connectivity index (χ1n) is 9.85. The molecule has 0 radical (unpaired) electrons. The summed E-state index contributed by atoms with van der Waals surface area (Å²) < 4.78 is 45.4. The van der Waals surface area contributed by atoms with Crippen molar-refractivity contribution in [1.82, 2.24) is 14.8 Å². The smallest absolute Gasteiger partial charge is 0.338 e. The number of rotatable bonds is 6. The van der Waals surface area contributed by atoms with Crippen molar-refractivity contribution in [2.24, 2.45) is 0 Å². The molecule has 2 N–H and O–H groups in total. The Hall–Kier alpha value is -3.80. The van der Waals surface area contributed by atoms with Gasteiger partial charge in [-0.1, -0.05) is 13.8 Å². The lowest BCUT2D eigenvalue weighted by Gasteiger charge is -2.26. The van der Waals surface area contributed by atoms with E-state index in [4.69, 9.17) is 0 Å². The van der Waals surface area contributed by atoms with E-state index in [0.29, 0.717) is 22.3 Å². The van der Waals surface area contributed by atoms with Crippen LogP contribution in [0.2, 0.25) is 0 Å². The first-order chi connectivity index (χ1) is 15.2. The zero-order valence-corrected chi connectivity index (χ0v) is 17.3. The highest BCUT2D eigenvalue weighted by Crippen LogP contribution is 2.42. The lowest BCUT2D eigenvalue weighted by molar-refractivity contribution is -0.142. The van der Waals surface area contributed by atoms with Crippen molar-refractivity contribution in [3.63, 3.8) is 0 Å². The van der Waals surface area contributed by atoms with E-state index in [-0.39, 0.29) is 22.9 Å². The highest BCUT2D eigenvalue weighted by atomic mass is 19.1. The van der Waals surface area contributed by atoms with Gasteiger partial charge in [-0.25, -0.2) is 18.0 Å². The van der Waals surface area contributed by atoms with Crippen LogP contribution in [-0.4, -0.2) is 32.0 Å². The summed E-state index contributed by atoms with van der Waals surface area (Å²) in [6.45, 7) is 3.49. The van der Waals surface area contributed by atoms with Gasteiger partial charge in [-0.15, -0.1) is 0 Å². The van der Waals surface area contributed by atoms with Crippen LogP contribution in [0.5, 0.6) is 0 Å². The van der Waals surface area contributed by atoms with Crippen LogP contribution in [0.15, 0.2) is 36.5 Å². The number of halogens is 3. The number of alkyl halides is 1. The maximum Gasteiger partial charge on any atom is 0.338 e. The number of hydrogen-bond acceptors (Lipinski definition) is 3. The molecule has 0 bridgehead atoms. The summed E-state index contributed by atoms with van der Waals surface area (Å²) in [5, 5.41) is 25.5. The fraction of sp³-hybridized carbons (Fsp3) is 0.261. The molecule has 2 heterocycles. The minimum atomic E-state index is -2.28. The third-order valence-electron chi connectivity index (χ3n) is 5.61. The Morgan fingerprint density at radius 3 is 2.62 bits per heavy atom. The molecule has 4 rings (SSSR count). The minimum Gasteiger partial charge on any atom is -0.479 e. The number of nitrogens with one attached hydrogen (secondary N) is 1. The molecule has 0 aliphatic heterocycles. The monoisotopic (exact) mass is 440 g/mol. The Balaban J connectivity index is 2.20. The van der Waals surface area contributed by atoms with Gasteiger partial charge in [0.25, 0.3) is 0 Å². The van der Waals surface area contributed by atoms with Gasteiger partial charge in [-0.3, -0.25) is 5.10 Å². The molecule has 0 saturated carbocycles. The Morgan fingerprint density at radius 2 is 2.00 bits per heavy atom. The Kier molecular flexibility index (Phi) is 5.17. The van der Waals surface area contributed by atoms with Gasteiger partial charge in [0.1, 0.15) is 11.3 Å². The van der Waals surface area contributed by atoms with Crippen molar-refractivity contribution in [2.45, 2.75) is 38.3 Å². The summed E-state index contributed by atoms with van der Waals surface area (Å²) in [6.07, 6.45) is -1.44. The topological polar surface area (TPSA) is 94.7 Å². The molecule has 0 spiro atoms. The molecule has 2 aromatic carbocycles. The summed E-state index contributed by atoms with van der Waals surface area (Å²) in [5.41, 5.74) is 0.546. The zero-order valence-electron chi connectivity index (χ0n) is 17.3. The number of fused-ring (bicyclic) bond motifs is 2. The van der Waals surface area contributed by atoms with E-state index in [9.17, 15) is 23.9 Å². The van der Waals surface area contributed by atoms with E-state index in [1.54, 1.807) is 24.5 Å². The molecule has 0 aliphatic rings. The third-order valence-corrected chi connectivity index (χ3v) is 5.61. The van der Waals surface area contributed by atoms with Gasteiger partial charge in [-0.05, 0) is 35.9 Å². The molecule has 4 aromatic rings. The highest BCUT2D eigenvalue weighted by molar-refractivity contribution is 6.00. The average molecular weight is 440 g/mol. The number of benzene rings is 2. The first kappa shape index (κ1) is 21.4. The highest BCUT2D eigenvalue weighted by Gasteiger charge is 2.35. The molecule has 0 unspecified atom stereocenters. The van der Waals surface area contributed by atoms with E-state index < -0.39 is 35.6 Å². The van der Waals surface area contributed by atoms with Crippen molar-refractivity contribution in [3.05, 3.63) is 59.4 Å². The van der Waals surface area contributed by atoms with Crippen LogP contribution in [0.4, 0.5) is 13.2 Å². The third kappa shape index (κ3) is 3.38. The molecule has 0 amide bonds. The van der Waals surface area contributed by atoms with Crippen LogP contribution in [0.3, 0.4) is 0 Å². The van der Waals surface area contributed by atoms with E-state index in [2.05, 4.69) is 16.3 Å². The summed E-state index contributed by atoms with van der Waals surface area (Å²) in [5.74, 6) is -2.83. The SMILES string of the molecule is CC(C)(CC#N)c1c(C[C@H](F)C(=O)O)c2c(F)c3[nH]ncc3cc2n1-c1ccc(F)cc1. The second kappa shape index (κ2) is 7.71. The molecule has 9 heteroatoms. The number of aliphatic carboxylic acids is 1. The van der Waals surface area contributed by atoms with Gasteiger partial charge in [0.15, 0.2) is 5.82 Å². The molecule has 2 aromatic heterocycles. The van der Waals surface area contributed by atoms with E-state index in [1.807, 2.05) is 0 Å². The molecule has 32 heavy (non-hydrogen) atoms. The number of carbonyl (C=O) groups is 1. The number of carboxylic acids is 1. The maximum absolute atomic E-state index is 15.7. The second-order valence-corrected chi connectivity index (χ2v) is 8.29. The molecule has 1 atom stereocenters. The molecule has 0 aliphatic carbocycles. The maximum atomic E-state index is 15.7. The van der Waals surface area contributed by atoms with Crippen LogP contribution >= 0.6 is 0 Å². The summed E-state index contributed by atoms with van der Waals surface area (Å²) in [7, 11) is 0. The molecule has 0 saturated heterocycles. The van der Waals surface area contributed by atoms with Gasteiger partial charge >= 0.3 is 5.97 Å². The number of nitriles is 1. The van der Waals surface area contributed by atoms with Crippen molar-refractivity contribution >= 4 is 27.8 Å². The van der Waals surface area contributed by atoms with Gasteiger partial charge in [0.05, 0.1) is 17.8 Å². The van der Waals surface area contributed by atoms with Gasteiger partial charge in [0.2, 0.25) is 6.17 Å². The predicted molar refractivity (Wildman–Crippen MR) is 112 cm³/mol. The van der Waals surface area contributed by atoms with Crippen LogP contribution in [-0.2, 0) is 16.6 Å². The standard InChI is InChI=1S/C23H19F3N4O2/c1-23(2,7-8-27)21-15(10-16(25)22(31)32)18-17(9-12-11-28-29-20(12)19(18)26)30(21)14-5-3-13(24)4-6-14/h3-6,9,11,16H,7,10H2,1-2H3,(H,28,29)(H,31,32)/t16-/m0/s1. The van der Waals surface area contributed by atoms with Gasteiger partial charge in [0, 0.05) is 40.4 Å². The molecule has 164 valence electrons. The molecule has 6 nitrogen and oxygen atoms in total. The number of aromatic amines is 1. The summed E-state index contributed by atoms with van der Waals surface area (Å²) in [6, 6.07) is 9.21. The zero-order chi connectivity index (χ0) is 23.2. The fourth-order valence-corrected chi connectivity index (χ4v) is 4.19. The van der Waals surface area contributed by atoms with Gasteiger partial charge < -0.3 is 9.67 Å². The second-order valence-electron chi connectivity index (χ2n) is 8.29. The lowest BCUT2D eigenvalue weighted by atomic mass is 9.82. The van der Waals surface area contributed by atoms with Crippen molar-refractivity contribution in [2.75, 3.05) is 0 Å². The predicted octanol–water partition coefficient (Wildman–Crippen LogP) is 4.94. The normalized spacial score (nSPS) is 12.9.